The number of carbonyl (C=O) groups is 2. The van der Waals surface area contributed by atoms with Gasteiger partial charge in [0.2, 0.25) is 0 Å². The maximum absolute atomic E-state index is 13.3. The lowest BCUT2D eigenvalue weighted by molar-refractivity contribution is -0.155. The lowest BCUT2D eigenvalue weighted by Gasteiger charge is -2.70. The number of aliphatic hydroxyl groups excluding tert-OH is 1. The van der Waals surface area contributed by atoms with Gasteiger partial charge in [-0.3, -0.25) is 9.59 Å². The highest BCUT2D eigenvalue weighted by Crippen LogP contribution is 2.60. The van der Waals surface area contributed by atoms with E-state index in [1.807, 2.05) is 0 Å². The number of amides is 2. The molecule has 174 valence electrons. The summed E-state index contributed by atoms with van der Waals surface area (Å²) in [4.78, 5) is 25.1. The van der Waals surface area contributed by atoms with Gasteiger partial charge in [0.05, 0.1) is 6.10 Å². The van der Waals surface area contributed by atoms with Crippen molar-refractivity contribution < 1.29 is 28.6 Å². The molecule has 2 bridgehead atoms. The first-order chi connectivity index (χ1) is 15.7. The van der Waals surface area contributed by atoms with E-state index in [1.54, 1.807) is 31.2 Å². The van der Waals surface area contributed by atoms with Gasteiger partial charge in [-0.05, 0) is 68.1 Å². The van der Waals surface area contributed by atoms with Crippen molar-refractivity contribution in [2.24, 2.45) is 0 Å². The predicted molar refractivity (Wildman–Crippen MR) is 118 cm³/mol. The average molecular weight is 475 g/mol. The second-order valence-electron chi connectivity index (χ2n) is 9.37. The van der Waals surface area contributed by atoms with Crippen LogP contribution in [0.2, 0.25) is 5.02 Å². The van der Waals surface area contributed by atoms with Gasteiger partial charge in [-0.15, -0.1) is 0 Å². The summed E-state index contributed by atoms with van der Waals surface area (Å²) in [5.41, 5.74) is 0.347. The van der Waals surface area contributed by atoms with Crippen LogP contribution in [0.4, 0.5) is 4.39 Å². The Morgan fingerprint density at radius 1 is 1.18 bits per heavy atom. The molecule has 0 saturated heterocycles. The van der Waals surface area contributed by atoms with Crippen LogP contribution in [0.5, 0.6) is 11.5 Å². The van der Waals surface area contributed by atoms with Crippen LogP contribution in [-0.2, 0) is 9.59 Å². The van der Waals surface area contributed by atoms with E-state index in [0.717, 1.165) is 0 Å². The fourth-order valence-electron chi connectivity index (χ4n) is 5.16. The van der Waals surface area contributed by atoms with E-state index in [1.165, 1.54) is 12.1 Å². The Balaban J connectivity index is 1.10. The minimum atomic E-state index is -0.827. The molecule has 1 heterocycles. The Bertz CT molecular complexity index is 1120. The van der Waals surface area contributed by atoms with E-state index in [-0.39, 0.29) is 41.7 Å². The van der Waals surface area contributed by atoms with Gasteiger partial charge in [0.25, 0.3) is 11.8 Å². The Morgan fingerprint density at radius 2 is 1.91 bits per heavy atom. The molecule has 3 saturated carbocycles. The molecule has 0 aromatic heterocycles. The largest absolute Gasteiger partial charge is 0.484 e. The zero-order chi connectivity index (χ0) is 23.4. The molecule has 33 heavy (non-hydrogen) atoms. The lowest BCUT2D eigenvalue weighted by atomic mass is 9.44. The molecule has 1 aliphatic heterocycles. The molecule has 2 amide bonds. The molecule has 3 N–H and O–H groups in total. The van der Waals surface area contributed by atoms with Crippen LogP contribution in [0, 0.1) is 12.7 Å². The minimum absolute atomic E-state index is 0.150. The molecule has 9 heteroatoms. The molecule has 0 spiro atoms. The number of hydrogen-bond donors (Lipinski definition) is 3. The molecule has 7 nitrogen and oxygen atoms in total. The maximum Gasteiger partial charge on any atom is 0.261 e. The van der Waals surface area contributed by atoms with Gasteiger partial charge in [0.15, 0.2) is 12.7 Å². The van der Waals surface area contributed by atoms with Crippen LogP contribution in [0.3, 0.4) is 0 Å². The normalized spacial score (nSPS) is 29.0. The number of ether oxygens (including phenoxy) is 2. The highest BCUT2D eigenvalue weighted by atomic mass is 35.5. The van der Waals surface area contributed by atoms with Crippen LogP contribution >= 0.6 is 11.6 Å². The number of fused-ring (bicyclic) bond motifs is 1. The number of carbonyl (C=O) groups excluding carboxylic acids is 2. The summed E-state index contributed by atoms with van der Waals surface area (Å²) in [6.07, 6.45) is 0.433. The van der Waals surface area contributed by atoms with Gasteiger partial charge in [-0.2, -0.15) is 0 Å². The zero-order valence-corrected chi connectivity index (χ0v) is 18.7. The number of rotatable bonds is 6. The molecule has 4 aliphatic rings. The number of benzene rings is 2. The summed E-state index contributed by atoms with van der Waals surface area (Å²) in [6, 6.07) is 9.29. The topological polar surface area (TPSA) is 96.9 Å². The Hall–Kier alpha value is -2.84. The number of hydrogen-bond acceptors (Lipinski definition) is 5. The molecule has 2 atom stereocenters. The maximum atomic E-state index is 13.3. The number of halogens is 2. The SMILES string of the molecule is Cc1cc(OCC(=O)NC23CC(NC(=O)[C@@H]4C[C@H](O)c5cc(Cl)ccc5O4)(C2)C3)ccc1F. The van der Waals surface area contributed by atoms with Crippen molar-refractivity contribution in [2.45, 2.75) is 55.9 Å². The molecular weight excluding hydrogens is 451 g/mol. The average Bonchev–Trinajstić information content (AvgIpc) is 2.72. The summed E-state index contributed by atoms with van der Waals surface area (Å²) in [5.74, 6) is 0.0320. The zero-order valence-electron chi connectivity index (χ0n) is 18.0. The minimum Gasteiger partial charge on any atom is -0.484 e. The van der Waals surface area contributed by atoms with Gasteiger partial charge in [0, 0.05) is 28.1 Å². The fraction of sp³-hybridized carbons (Fsp3) is 0.417. The number of aliphatic hydroxyl groups is 1. The summed E-state index contributed by atoms with van der Waals surface area (Å²) in [5, 5.41) is 16.9. The summed E-state index contributed by atoms with van der Waals surface area (Å²) >= 11 is 5.97. The van der Waals surface area contributed by atoms with Crippen molar-refractivity contribution in [3.05, 3.63) is 58.4 Å². The second-order valence-corrected chi connectivity index (χ2v) is 9.80. The summed E-state index contributed by atoms with van der Waals surface area (Å²) in [6.45, 7) is 1.47. The van der Waals surface area contributed by atoms with Crippen molar-refractivity contribution in [1.29, 1.82) is 0 Å². The lowest BCUT2D eigenvalue weighted by Crippen LogP contribution is -2.84. The van der Waals surface area contributed by atoms with Crippen LogP contribution in [-0.4, -0.2) is 40.7 Å². The molecule has 2 aromatic rings. The molecule has 3 aliphatic carbocycles. The Morgan fingerprint density at radius 3 is 2.64 bits per heavy atom. The number of nitrogens with one attached hydrogen (secondary N) is 2. The first-order valence-corrected chi connectivity index (χ1v) is 11.2. The highest BCUT2D eigenvalue weighted by Gasteiger charge is 2.69. The van der Waals surface area contributed by atoms with E-state index < -0.39 is 12.2 Å². The summed E-state index contributed by atoms with van der Waals surface area (Å²) in [7, 11) is 0. The first-order valence-electron chi connectivity index (χ1n) is 10.8. The van der Waals surface area contributed by atoms with Gasteiger partial charge in [0.1, 0.15) is 17.3 Å². The van der Waals surface area contributed by atoms with Gasteiger partial charge < -0.3 is 25.2 Å². The molecule has 0 unspecified atom stereocenters. The van der Waals surface area contributed by atoms with E-state index in [4.69, 9.17) is 21.1 Å². The van der Waals surface area contributed by atoms with E-state index in [2.05, 4.69) is 10.6 Å². The second kappa shape index (κ2) is 7.88. The van der Waals surface area contributed by atoms with Crippen molar-refractivity contribution in [2.75, 3.05) is 6.61 Å². The van der Waals surface area contributed by atoms with Gasteiger partial charge in [-0.1, -0.05) is 11.6 Å². The third-order valence-corrected chi connectivity index (χ3v) is 6.89. The van der Waals surface area contributed by atoms with Crippen LogP contribution in [0.1, 0.15) is 42.9 Å². The Labute approximate surface area is 195 Å². The van der Waals surface area contributed by atoms with Crippen molar-refractivity contribution in [1.82, 2.24) is 10.6 Å². The van der Waals surface area contributed by atoms with E-state index >= 15 is 0 Å². The van der Waals surface area contributed by atoms with E-state index in [9.17, 15) is 19.1 Å². The molecular formula is C24H24ClFN2O5. The fourth-order valence-corrected chi connectivity index (χ4v) is 5.34. The number of aryl methyl sites for hydroxylation is 1. The van der Waals surface area contributed by atoms with Crippen molar-refractivity contribution >= 4 is 23.4 Å². The first kappa shape index (κ1) is 22.0. The van der Waals surface area contributed by atoms with Crippen molar-refractivity contribution in [3.63, 3.8) is 0 Å². The summed E-state index contributed by atoms with van der Waals surface area (Å²) < 4.78 is 24.6. The van der Waals surface area contributed by atoms with Crippen LogP contribution in [0.25, 0.3) is 0 Å². The van der Waals surface area contributed by atoms with Crippen molar-refractivity contribution in [3.8, 4) is 11.5 Å². The monoisotopic (exact) mass is 474 g/mol. The predicted octanol–water partition coefficient (Wildman–Crippen LogP) is 2.96. The smallest absolute Gasteiger partial charge is 0.261 e. The Kier molecular flexibility index (Phi) is 5.25. The van der Waals surface area contributed by atoms with Crippen LogP contribution < -0.4 is 20.1 Å². The van der Waals surface area contributed by atoms with Gasteiger partial charge in [-0.25, -0.2) is 4.39 Å². The van der Waals surface area contributed by atoms with Gasteiger partial charge >= 0.3 is 0 Å². The van der Waals surface area contributed by atoms with E-state index in [0.29, 0.717) is 46.9 Å². The molecule has 6 rings (SSSR count). The third kappa shape index (κ3) is 4.13. The van der Waals surface area contributed by atoms with Crippen LogP contribution in [0.15, 0.2) is 36.4 Å². The highest BCUT2D eigenvalue weighted by molar-refractivity contribution is 6.30. The third-order valence-electron chi connectivity index (χ3n) is 6.65. The molecule has 3 fully saturated rings. The molecule has 2 aromatic carbocycles. The standard InChI is InChI=1S/C24H24ClFN2O5/c1-13-6-15(3-4-17(13)26)32-9-21(30)27-23-10-24(11-23,12-23)28-22(31)20-8-18(29)16-7-14(25)2-5-19(16)33-20/h2-7,18,20,29H,8-12H2,1H3,(H,27,30)(H,28,31)/t18-,20-,23?,24?/m0/s1. The quantitative estimate of drug-likeness (QED) is 0.598. The molecule has 0 radical (unpaired) electrons.